The fraction of sp³-hybridized carbons (Fsp3) is 0.400. The van der Waals surface area contributed by atoms with Crippen molar-refractivity contribution in [3.63, 3.8) is 0 Å². The molecule has 0 aromatic heterocycles. The van der Waals surface area contributed by atoms with Gasteiger partial charge in [0, 0.05) is 6.42 Å². The highest BCUT2D eigenvalue weighted by atomic mass is 16.5. The summed E-state index contributed by atoms with van der Waals surface area (Å²) in [5.74, 6) is 0. The molecule has 2 aliphatic rings. The molecule has 9 nitrogen and oxygen atoms in total. The molecule has 9 atom stereocenters. The molecule has 208 valence electrons. The number of ether oxygens (including phenoxy) is 2. The van der Waals surface area contributed by atoms with Gasteiger partial charge >= 0.3 is 0 Å². The van der Waals surface area contributed by atoms with Crippen LogP contribution in [0, 0.1) is 0 Å². The zero-order valence-electron chi connectivity index (χ0n) is 21.2. The Morgan fingerprint density at radius 1 is 0.564 bits per heavy atom. The third-order valence-corrected chi connectivity index (χ3v) is 7.63. The summed E-state index contributed by atoms with van der Waals surface area (Å²) >= 11 is 0. The van der Waals surface area contributed by atoms with E-state index in [1.165, 1.54) is 0 Å². The van der Waals surface area contributed by atoms with E-state index in [0.717, 1.165) is 22.3 Å². The molecular weight excluding hydrogens is 504 g/mol. The number of rotatable bonds is 6. The molecule has 39 heavy (non-hydrogen) atoms. The summed E-state index contributed by atoms with van der Waals surface area (Å²) in [7, 11) is 0. The lowest BCUT2D eigenvalue weighted by Crippen LogP contribution is -2.55. The zero-order chi connectivity index (χ0) is 27.7. The first-order valence-corrected chi connectivity index (χ1v) is 13.0. The molecule has 2 saturated heterocycles. The Morgan fingerprint density at radius 2 is 1.10 bits per heavy atom. The van der Waals surface area contributed by atoms with E-state index >= 15 is 0 Å². The molecule has 0 amide bonds. The topological polar surface area (TPSA) is 160 Å². The molecule has 0 radical (unpaired) electrons. The van der Waals surface area contributed by atoms with Crippen LogP contribution in [0.5, 0.6) is 0 Å². The molecule has 7 N–H and O–H groups in total. The van der Waals surface area contributed by atoms with Gasteiger partial charge in [0.2, 0.25) is 0 Å². The molecule has 2 aliphatic heterocycles. The van der Waals surface area contributed by atoms with Crippen LogP contribution in [0.4, 0.5) is 0 Å². The summed E-state index contributed by atoms with van der Waals surface area (Å²) in [5.41, 5.74) is 4.89. The Kier molecular flexibility index (Phi) is 8.43. The highest BCUT2D eigenvalue weighted by Crippen LogP contribution is 2.36. The monoisotopic (exact) mass is 538 g/mol. The number of hydrogen-bond acceptors (Lipinski definition) is 9. The van der Waals surface area contributed by atoms with Gasteiger partial charge in [-0.2, -0.15) is 0 Å². The van der Waals surface area contributed by atoms with Gasteiger partial charge in [0.25, 0.3) is 0 Å². The number of aliphatic hydroxyl groups is 7. The lowest BCUT2D eigenvalue weighted by Gasteiger charge is -2.40. The van der Waals surface area contributed by atoms with Crippen LogP contribution in [0.1, 0.15) is 29.8 Å². The maximum atomic E-state index is 10.5. The van der Waals surface area contributed by atoms with Gasteiger partial charge in [-0.25, -0.2) is 0 Å². The van der Waals surface area contributed by atoms with Crippen molar-refractivity contribution in [1.82, 2.24) is 0 Å². The Balaban J connectivity index is 1.36. The lowest BCUT2D eigenvalue weighted by molar-refractivity contribution is -0.231. The molecule has 0 bridgehead atoms. The second-order valence-corrected chi connectivity index (χ2v) is 10.2. The molecule has 0 aliphatic carbocycles. The summed E-state index contributed by atoms with van der Waals surface area (Å²) in [6.45, 7) is -0.725. The Bertz CT molecular complexity index is 1250. The first-order chi connectivity index (χ1) is 18.8. The van der Waals surface area contributed by atoms with E-state index in [-0.39, 0.29) is 13.0 Å². The summed E-state index contributed by atoms with van der Waals surface area (Å²) < 4.78 is 11.5. The molecule has 0 spiro atoms. The average molecular weight is 539 g/mol. The Labute approximate surface area is 226 Å². The maximum absolute atomic E-state index is 10.5. The van der Waals surface area contributed by atoms with Crippen molar-refractivity contribution in [2.24, 2.45) is 0 Å². The smallest absolute Gasteiger partial charge is 0.113 e. The Hall–Kier alpha value is -2.70. The highest BCUT2D eigenvalue weighted by molar-refractivity contribution is 5.71. The predicted octanol–water partition coefficient (Wildman–Crippen LogP) is 1.08. The van der Waals surface area contributed by atoms with Crippen molar-refractivity contribution < 1.29 is 45.2 Å². The van der Waals surface area contributed by atoms with E-state index in [9.17, 15) is 35.7 Å². The van der Waals surface area contributed by atoms with Gasteiger partial charge in [0.05, 0.1) is 25.4 Å². The standard InChI is InChI=1S/C30H34O9/c31-14-22-13-23(33)25(34)29(38-22)20-5-1-3-18(11-20)16-7-9-17(10-8-16)19-4-2-6-21(12-19)30-28(37)27(36)26(35)24(15-32)39-30/h1-12,22-37H,13-15H2/t22-,23-,24+,25-,26?,27-,28-,29+,30+/m0/s1. The minimum absolute atomic E-state index is 0.174. The number of hydrogen-bond donors (Lipinski definition) is 7. The summed E-state index contributed by atoms with van der Waals surface area (Å²) in [6, 6.07) is 22.7. The van der Waals surface area contributed by atoms with Gasteiger partial charge in [-0.3, -0.25) is 0 Å². The van der Waals surface area contributed by atoms with Crippen LogP contribution in [-0.4, -0.2) is 91.7 Å². The van der Waals surface area contributed by atoms with Crippen LogP contribution in [0.3, 0.4) is 0 Å². The fourth-order valence-corrected chi connectivity index (χ4v) is 5.37. The van der Waals surface area contributed by atoms with Crippen molar-refractivity contribution in [3.8, 4) is 22.3 Å². The summed E-state index contributed by atoms with van der Waals surface area (Å²) in [6.07, 6.45) is -9.31. The predicted molar refractivity (Wildman–Crippen MR) is 141 cm³/mol. The second-order valence-electron chi connectivity index (χ2n) is 10.2. The molecule has 9 heteroatoms. The molecule has 1 unspecified atom stereocenters. The number of aliphatic hydroxyl groups excluding tert-OH is 7. The van der Waals surface area contributed by atoms with Gasteiger partial charge < -0.3 is 45.2 Å². The van der Waals surface area contributed by atoms with Crippen LogP contribution < -0.4 is 0 Å². The Morgan fingerprint density at radius 3 is 1.62 bits per heavy atom. The molecule has 3 aromatic carbocycles. The van der Waals surface area contributed by atoms with Crippen LogP contribution in [0.15, 0.2) is 72.8 Å². The first kappa shape index (κ1) is 27.9. The van der Waals surface area contributed by atoms with E-state index < -0.39 is 61.5 Å². The van der Waals surface area contributed by atoms with Crippen LogP contribution >= 0.6 is 0 Å². The molecule has 2 fully saturated rings. The van der Waals surface area contributed by atoms with Crippen LogP contribution in [0.2, 0.25) is 0 Å². The van der Waals surface area contributed by atoms with E-state index in [4.69, 9.17) is 9.47 Å². The fourth-order valence-electron chi connectivity index (χ4n) is 5.37. The van der Waals surface area contributed by atoms with Crippen molar-refractivity contribution in [1.29, 1.82) is 0 Å². The third kappa shape index (κ3) is 5.64. The molecular formula is C30H34O9. The second kappa shape index (κ2) is 11.8. The molecule has 0 saturated carbocycles. The molecule has 5 rings (SSSR count). The van der Waals surface area contributed by atoms with Crippen LogP contribution in [-0.2, 0) is 9.47 Å². The van der Waals surface area contributed by atoms with Gasteiger partial charge in [-0.15, -0.1) is 0 Å². The van der Waals surface area contributed by atoms with Crippen LogP contribution in [0.25, 0.3) is 22.3 Å². The van der Waals surface area contributed by atoms with Crippen molar-refractivity contribution in [2.75, 3.05) is 13.2 Å². The van der Waals surface area contributed by atoms with E-state index in [1.54, 1.807) is 6.07 Å². The van der Waals surface area contributed by atoms with Gasteiger partial charge in [0.15, 0.2) is 0 Å². The lowest BCUT2D eigenvalue weighted by atomic mass is 9.89. The van der Waals surface area contributed by atoms with E-state index in [0.29, 0.717) is 11.1 Å². The summed E-state index contributed by atoms with van der Waals surface area (Å²) in [5, 5.41) is 70.5. The van der Waals surface area contributed by atoms with Crippen molar-refractivity contribution in [3.05, 3.63) is 83.9 Å². The molecule has 3 aromatic rings. The van der Waals surface area contributed by atoms with Crippen molar-refractivity contribution in [2.45, 2.75) is 61.4 Å². The largest absolute Gasteiger partial charge is 0.394 e. The minimum Gasteiger partial charge on any atom is -0.394 e. The van der Waals surface area contributed by atoms with E-state index in [1.807, 2.05) is 66.7 Å². The average Bonchev–Trinajstić information content (AvgIpc) is 2.97. The quantitative estimate of drug-likeness (QED) is 0.244. The normalized spacial score (nSPS) is 33.2. The minimum atomic E-state index is -1.45. The van der Waals surface area contributed by atoms with Crippen molar-refractivity contribution >= 4 is 0 Å². The highest BCUT2D eigenvalue weighted by Gasteiger charge is 2.44. The first-order valence-electron chi connectivity index (χ1n) is 13.0. The zero-order valence-corrected chi connectivity index (χ0v) is 21.2. The maximum Gasteiger partial charge on any atom is 0.113 e. The third-order valence-electron chi connectivity index (χ3n) is 7.63. The molecule has 2 heterocycles. The van der Waals surface area contributed by atoms with Gasteiger partial charge in [-0.05, 0) is 45.5 Å². The van der Waals surface area contributed by atoms with Gasteiger partial charge in [-0.1, -0.05) is 60.7 Å². The SMILES string of the molecule is OC[C@@H]1C[C@H](O)[C@H](O)[C@@H](c2cccc(-c3ccc(-c4cccc([C@H]5O[C@H](CO)C(O)[C@H](O)[C@@H]5O)c4)cc3)c2)O1. The van der Waals surface area contributed by atoms with E-state index in [2.05, 4.69) is 0 Å². The summed E-state index contributed by atoms with van der Waals surface area (Å²) in [4.78, 5) is 0. The number of benzene rings is 3. The van der Waals surface area contributed by atoms with Gasteiger partial charge in [0.1, 0.15) is 42.7 Å².